The third-order valence-corrected chi connectivity index (χ3v) is 4.88. The summed E-state index contributed by atoms with van der Waals surface area (Å²) in [5.74, 6) is 0. The molecule has 2 aromatic carbocycles. The SMILES string of the molecule is Cc1ccccc1C[NH+]1CCN(c2ccc(Cl)cc2[N+](=O)[O-])CC1. The highest BCUT2D eigenvalue weighted by atomic mass is 35.5. The minimum Gasteiger partial charge on any atom is -0.355 e. The van der Waals surface area contributed by atoms with Crippen molar-refractivity contribution in [1.29, 1.82) is 0 Å². The van der Waals surface area contributed by atoms with Crippen molar-refractivity contribution in [3.63, 3.8) is 0 Å². The lowest BCUT2D eigenvalue weighted by Crippen LogP contribution is -3.13. The number of halogens is 1. The summed E-state index contributed by atoms with van der Waals surface area (Å²) in [4.78, 5) is 14.5. The molecule has 5 nitrogen and oxygen atoms in total. The quantitative estimate of drug-likeness (QED) is 0.683. The molecule has 0 atom stereocenters. The van der Waals surface area contributed by atoms with Crippen molar-refractivity contribution in [3.8, 4) is 0 Å². The van der Waals surface area contributed by atoms with Crippen LogP contribution in [0.5, 0.6) is 0 Å². The van der Waals surface area contributed by atoms with E-state index in [-0.39, 0.29) is 10.6 Å². The maximum absolute atomic E-state index is 11.3. The second-order valence-corrected chi connectivity index (χ2v) is 6.67. The average Bonchev–Trinajstić information content (AvgIpc) is 2.58. The Kier molecular flexibility index (Phi) is 5.02. The van der Waals surface area contributed by atoms with Crippen LogP contribution in [0.1, 0.15) is 11.1 Å². The average molecular weight is 347 g/mol. The van der Waals surface area contributed by atoms with E-state index in [2.05, 4.69) is 36.1 Å². The number of nitrogens with one attached hydrogen (secondary N) is 1. The van der Waals surface area contributed by atoms with Crippen molar-refractivity contribution < 1.29 is 9.82 Å². The van der Waals surface area contributed by atoms with Crippen LogP contribution in [0.4, 0.5) is 11.4 Å². The highest BCUT2D eigenvalue weighted by molar-refractivity contribution is 6.30. The molecule has 1 aliphatic heterocycles. The van der Waals surface area contributed by atoms with Crippen molar-refractivity contribution in [3.05, 3.63) is 68.7 Å². The Bertz CT molecular complexity index is 743. The minimum absolute atomic E-state index is 0.0878. The van der Waals surface area contributed by atoms with Crippen LogP contribution in [0.15, 0.2) is 42.5 Å². The number of rotatable bonds is 4. The summed E-state index contributed by atoms with van der Waals surface area (Å²) in [7, 11) is 0. The van der Waals surface area contributed by atoms with Gasteiger partial charge in [-0.05, 0) is 24.6 Å². The summed E-state index contributed by atoms with van der Waals surface area (Å²) in [6.07, 6.45) is 0. The van der Waals surface area contributed by atoms with Crippen molar-refractivity contribution in [2.24, 2.45) is 0 Å². The largest absolute Gasteiger partial charge is 0.355 e. The van der Waals surface area contributed by atoms with Crippen molar-refractivity contribution in [1.82, 2.24) is 0 Å². The highest BCUT2D eigenvalue weighted by Crippen LogP contribution is 2.30. The number of nitro groups is 1. The first-order valence-electron chi connectivity index (χ1n) is 8.11. The van der Waals surface area contributed by atoms with Gasteiger partial charge in [-0.1, -0.05) is 35.9 Å². The smallest absolute Gasteiger partial charge is 0.294 e. The van der Waals surface area contributed by atoms with E-state index >= 15 is 0 Å². The van der Waals surface area contributed by atoms with E-state index in [4.69, 9.17) is 11.6 Å². The third-order valence-electron chi connectivity index (χ3n) is 4.65. The minimum atomic E-state index is -0.353. The van der Waals surface area contributed by atoms with Gasteiger partial charge in [0, 0.05) is 16.7 Å². The first kappa shape index (κ1) is 16.7. The number of benzene rings is 2. The molecule has 24 heavy (non-hydrogen) atoms. The molecule has 0 radical (unpaired) electrons. The molecule has 0 saturated carbocycles. The van der Waals surface area contributed by atoms with Crippen LogP contribution >= 0.6 is 11.6 Å². The predicted octanol–water partition coefficient (Wildman–Crippen LogP) is 2.46. The zero-order chi connectivity index (χ0) is 17.1. The van der Waals surface area contributed by atoms with Crippen LogP contribution < -0.4 is 9.80 Å². The maximum atomic E-state index is 11.3. The van der Waals surface area contributed by atoms with Gasteiger partial charge in [0.05, 0.1) is 31.1 Å². The van der Waals surface area contributed by atoms with Crippen LogP contribution in [0, 0.1) is 17.0 Å². The molecule has 1 aliphatic rings. The number of nitro benzene ring substituents is 1. The van der Waals surface area contributed by atoms with Gasteiger partial charge in [0.2, 0.25) is 0 Å². The van der Waals surface area contributed by atoms with Crippen LogP contribution in [-0.4, -0.2) is 31.1 Å². The lowest BCUT2D eigenvalue weighted by atomic mass is 10.1. The monoisotopic (exact) mass is 346 g/mol. The summed E-state index contributed by atoms with van der Waals surface area (Å²) in [5.41, 5.74) is 3.45. The predicted molar refractivity (Wildman–Crippen MR) is 95.9 cm³/mol. The van der Waals surface area contributed by atoms with Gasteiger partial charge in [-0.2, -0.15) is 0 Å². The van der Waals surface area contributed by atoms with E-state index in [0.717, 1.165) is 32.7 Å². The van der Waals surface area contributed by atoms with Gasteiger partial charge in [0.15, 0.2) is 0 Å². The van der Waals surface area contributed by atoms with E-state index in [0.29, 0.717) is 10.7 Å². The molecule has 0 aromatic heterocycles. The van der Waals surface area contributed by atoms with Gasteiger partial charge in [-0.25, -0.2) is 0 Å². The molecule has 1 saturated heterocycles. The summed E-state index contributed by atoms with van der Waals surface area (Å²) < 4.78 is 0. The molecule has 0 spiro atoms. The first-order valence-corrected chi connectivity index (χ1v) is 8.49. The fraction of sp³-hybridized carbons (Fsp3) is 0.333. The molecule has 1 heterocycles. The lowest BCUT2D eigenvalue weighted by Gasteiger charge is -2.33. The molecule has 1 N–H and O–H groups in total. The Morgan fingerprint density at radius 1 is 1.21 bits per heavy atom. The van der Waals surface area contributed by atoms with Crippen molar-refractivity contribution >= 4 is 23.0 Å². The Balaban J connectivity index is 1.67. The molecule has 0 unspecified atom stereocenters. The normalized spacial score (nSPS) is 15.5. The second-order valence-electron chi connectivity index (χ2n) is 6.23. The zero-order valence-electron chi connectivity index (χ0n) is 13.7. The second kappa shape index (κ2) is 7.20. The van der Waals surface area contributed by atoms with E-state index in [9.17, 15) is 10.1 Å². The Morgan fingerprint density at radius 3 is 2.58 bits per heavy atom. The van der Waals surface area contributed by atoms with E-state index in [1.54, 1.807) is 12.1 Å². The van der Waals surface area contributed by atoms with Gasteiger partial charge in [-0.15, -0.1) is 0 Å². The summed E-state index contributed by atoms with van der Waals surface area (Å²) in [6, 6.07) is 13.4. The molecule has 0 amide bonds. The number of anilines is 1. The molecule has 0 bridgehead atoms. The molecule has 0 aliphatic carbocycles. The van der Waals surface area contributed by atoms with E-state index < -0.39 is 0 Å². The number of hydrogen-bond donors (Lipinski definition) is 1. The number of quaternary nitrogens is 1. The van der Waals surface area contributed by atoms with Gasteiger partial charge >= 0.3 is 0 Å². The summed E-state index contributed by atoms with van der Waals surface area (Å²) in [5, 5.41) is 11.7. The van der Waals surface area contributed by atoms with Crippen molar-refractivity contribution in [2.45, 2.75) is 13.5 Å². The van der Waals surface area contributed by atoms with Gasteiger partial charge in [0.1, 0.15) is 12.2 Å². The Labute approximate surface area is 146 Å². The Hall–Kier alpha value is -2.11. The van der Waals surface area contributed by atoms with Gasteiger partial charge in [-0.3, -0.25) is 10.1 Å². The van der Waals surface area contributed by atoms with Crippen LogP contribution in [0.3, 0.4) is 0 Å². The molecule has 2 aromatic rings. The number of piperazine rings is 1. The molecule has 6 heteroatoms. The molecule has 3 rings (SSSR count). The summed E-state index contributed by atoms with van der Waals surface area (Å²) >= 11 is 5.90. The fourth-order valence-electron chi connectivity index (χ4n) is 3.23. The van der Waals surface area contributed by atoms with Crippen LogP contribution in [0.2, 0.25) is 5.02 Å². The lowest BCUT2D eigenvalue weighted by molar-refractivity contribution is -0.914. The van der Waals surface area contributed by atoms with E-state index in [1.807, 2.05) is 0 Å². The van der Waals surface area contributed by atoms with Gasteiger partial charge < -0.3 is 9.80 Å². The standard InChI is InChI=1S/C18H20ClN3O2/c1-14-4-2-3-5-15(14)13-20-8-10-21(11-9-20)17-7-6-16(19)12-18(17)22(23)24/h2-7,12H,8-11,13H2,1H3/p+1. The number of hydrogen-bond acceptors (Lipinski definition) is 3. The number of aryl methyl sites for hydroxylation is 1. The van der Waals surface area contributed by atoms with Gasteiger partial charge in [0.25, 0.3) is 5.69 Å². The maximum Gasteiger partial charge on any atom is 0.294 e. The van der Waals surface area contributed by atoms with Crippen LogP contribution in [0.25, 0.3) is 0 Å². The molecular formula is C18H21ClN3O2+. The number of nitrogens with zero attached hydrogens (tertiary/aromatic N) is 2. The van der Waals surface area contributed by atoms with Crippen LogP contribution in [-0.2, 0) is 6.54 Å². The highest BCUT2D eigenvalue weighted by Gasteiger charge is 2.26. The zero-order valence-corrected chi connectivity index (χ0v) is 14.4. The topological polar surface area (TPSA) is 50.8 Å². The summed E-state index contributed by atoms with van der Waals surface area (Å²) in [6.45, 7) is 6.70. The van der Waals surface area contributed by atoms with Crippen molar-refractivity contribution in [2.75, 3.05) is 31.1 Å². The Morgan fingerprint density at radius 2 is 1.92 bits per heavy atom. The molecular weight excluding hydrogens is 326 g/mol. The van der Waals surface area contributed by atoms with E-state index in [1.165, 1.54) is 22.1 Å². The third kappa shape index (κ3) is 3.68. The first-order chi connectivity index (χ1) is 11.5. The molecule has 1 fully saturated rings. The molecule has 126 valence electrons. The fourth-order valence-corrected chi connectivity index (χ4v) is 3.39.